The molecular formula is C14H23N3O2. The van der Waals surface area contributed by atoms with Gasteiger partial charge >= 0.3 is 0 Å². The first-order chi connectivity index (χ1) is 9.20. The van der Waals surface area contributed by atoms with Gasteiger partial charge in [0, 0.05) is 38.1 Å². The number of piperidine rings is 1. The molecule has 2 heterocycles. The summed E-state index contributed by atoms with van der Waals surface area (Å²) in [4.78, 5) is 17.2. The molecule has 1 unspecified atom stereocenters. The minimum absolute atomic E-state index is 0.0190. The van der Waals surface area contributed by atoms with Crippen molar-refractivity contribution in [3.8, 4) is 0 Å². The fourth-order valence-electron chi connectivity index (χ4n) is 2.62. The normalized spacial score (nSPS) is 20.4. The molecule has 19 heavy (non-hydrogen) atoms. The van der Waals surface area contributed by atoms with Crippen molar-refractivity contribution < 1.29 is 9.90 Å². The Morgan fingerprint density at radius 1 is 1.63 bits per heavy atom. The first-order valence-corrected chi connectivity index (χ1v) is 6.96. The molecule has 3 N–H and O–H groups in total. The number of nitrogens with one attached hydrogen (secondary N) is 2. The number of carbonyl (C=O) groups excluding carboxylic acids is 1. The van der Waals surface area contributed by atoms with Gasteiger partial charge in [0.05, 0.1) is 5.56 Å². The third-order valence-corrected chi connectivity index (χ3v) is 3.77. The van der Waals surface area contributed by atoms with Crippen molar-refractivity contribution in [3.63, 3.8) is 0 Å². The summed E-state index contributed by atoms with van der Waals surface area (Å²) in [7, 11) is 0. The number of aryl methyl sites for hydroxylation is 1. The van der Waals surface area contributed by atoms with Crippen LogP contribution in [0.4, 0.5) is 0 Å². The van der Waals surface area contributed by atoms with Crippen molar-refractivity contribution in [1.29, 1.82) is 0 Å². The number of hydrogen-bond acceptors (Lipinski definition) is 3. The maximum atomic E-state index is 11.9. The lowest BCUT2D eigenvalue weighted by molar-refractivity contribution is 0.0930. The summed E-state index contributed by atoms with van der Waals surface area (Å²) in [5.41, 5.74) is 1.61. The second kappa shape index (κ2) is 6.73. The van der Waals surface area contributed by atoms with Gasteiger partial charge in [-0.15, -0.1) is 0 Å². The Hall–Kier alpha value is -1.33. The number of rotatable bonds is 5. The molecule has 106 valence electrons. The number of aromatic amines is 1. The summed E-state index contributed by atoms with van der Waals surface area (Å²) in [6.45, 7) is 5.68. The molecule has 0 aromatic carbocycles. The van der Waals surface area contributed by atoms with Crippen LogP contribution in [0.5, 0.6) is 0 Å². The average Bonchev–Trinajstić information content (AvgIpc) is 2.85. The minimum atomic E-state index is -0.0190. The molecule has 0 aliphatic carbocycles. The summed E-state index contributed by atoms with van der Waals surface area (Å²) < 4.78 is 0. The average molecular weight is 265 g/mol. The Kier molecular flexibility index (Phi) is 4.99. The van der Waals surface area contributed by atoms with E-state index in [-0.39, 0.29) is 12.5 Å². The summed E-state index contributed by atoms with van der Waals surface area (Å²) in [6.07, 6.45) is 4.03. The SMILES string of the molecule is Cc1[nH]ccc1C(=O)NCCN1CCCC(CO)C1. The number of likely N-dealkylation sites (tertiary alicyclic amines) is 1. The standard InChI is InChI=1S/C14H23N3O2/c1-11-13(4-5-15-11)14(19)16-6-8-17-7-2-3-12(9-17)10-18/h4-5,12,15,18H,2-3,6-10H2,1H3,(H,16,19). The molecule has 1 aliphatic heterocycles. The first kappa shape index (κ1) is 14.1. The highest BCUT2D eigenvalue weighted by Crippen LogP contribution is 2.14. The van der Waals surface area contributed by atoms with Gasteiger partial charge in [-0.05, 0) is 38.3 Å². The van der Waals surface area contributed by atoms with Crippen LogP contribution >= 0.6 is 0 Å². The van der Waals surface area contributed by atoms with E-state index in [9.17, 15) is 9.90 Å². The van der Waals surface area contributed by atoms with Crippen molar-refractivity contribution in [2.45, 2.75) is 19.8 Å². The third kappa shape index (κ3) is 3.81. The maximum Gasteiger partial charge on any atom is 0.253 e. The van der Waals surface area contributed by atoms with Crippen molar-refractivity contribution in [3.05, 3.63) is 23.5 Å². The van der Waals surface area contributed by atoms with Gasteiger partial charge in [-0.3, -0.25) is 4.79 Å². The molecule has 1 fully saturated rings. The van der Waals surface area contributed by atoms with Gasteiger partial charge in [-0.2, -0.15) is 0 Å². The predicted molar refractivity (Wildman–Crippen MR) is 74.1 cm³/mol. The van der Waals surface area contributed by atoms with Gasteiger partial charge in [-0.25, -0.2) is 0 Å². The number of carbonyl (C=O) groups is 1. The van der Waals surface area contributed by atoms with Crippen LogP contribution < -0.4 is 5.32 Å². The lowest BCUT2D eigenvalue weighted by Crippen LogP contribution is -2.41. The smallest absolute Gasteiger partial charge is 0.253 e. The van der Waals surface area contributed by atoms with Crippen LogP contribution in [-0.4, -0.2) is 53.7 Å². The topological polar surface area (TPSA) is 68.4 Å². The monoisotopic (exact) mass is 265 g/mol. The molecular weight excluding hydrogens is 242 g/mol. The molecule has 5 heteroatoms. The lowest BCUT2D eigenvalue weighted by Gasteiger charge is -2.31. The van der Waals surface area contributed by atoms with E-state index in [2.05, 4.69) is 15.2 Å². The summed E-state index contributed by atoms with van der Waals surface area (Å²) in [5, 5.41) is 12.1. The number of hydrogen-bond donors (Lipinski definition) is 3. The Balaban J connectivity index is 1.72. The quantitative estimate of drug-likeness (QED) is 0.736. The summed E-state index contributed by atoms with van der Waals surface area (Å²) in [6, 6.07) is 1.80. The Morgan fingerprint density at radius 3 is 3.16 bits per heavy atom. The molecule has 0 bridgehead atoms. The van der Waals surface area contributed by atoms with E-state index in [4.69, 9.17) is 0 Å². The highest BCUT2D eigenvalue weighted by molar-refractivity contribution is 5.95. The van der Waals surface area contributed by atoms with E-state index in [1.54, 1.807) is 12.3 Å². The molecule has 0 radical (unpaired) electrons. The highest BCUT2D eigenvalue weighted by atomic mass is 16.3. The number of aliphatic hydroxyl groups excluding tert-OH is 1. The maximum absolute atomic E-state index is 11.9. The molecule has 1 atom stereocenters. The minimum Gasteiger partial charge on any atom is -0.396 e. The van der Waals surface area contributed by atoms with Gasteiger partial charge in [0.2, 0.25) is 0 Å². The zero-order valence-electron chi connectivity index (χ0n) is 11.5. The van der Waals surface area contributed by atoms with Crippen molar-refractivity contribution in [2.75, 3.05) is 32.8 Å². The number of H-pyrrole nitrogens is 1. The van der Waals surface area contributed by atoms with Crippen LogP contribution in [0.25, 0.3) is 0 Å². The van der Waals surface area contributed by atoms with Gasteiger partial charge in [0.1, 0.15) is 0 Å². The Morgan fingerprint density at radius 2 is 2.47 bits per heavy atom. The van der Waals surface area contributed by atoms with Crippen molar-refractivity contribution in [2.24, 2.45) is 5.92 Å². The highest BCUT2D eigenvalue weighted by Gasteiger charge is 2.18. The van der Waals surface area contributed by atoms with Crippen molar-refractivity contribution in [1.82, 2.24) is 15.2 Å². The zero-order chi connectivity index (χ0) is 13.7. The van der Waals surface area contributed by atoms with E-state index < -0.39 is 0 Å². The number of nitrogens with zero attached hydrogens (tertiary/aromatic N) is 1. The molecule has 5 nitrogen and oxygen atoms in total. The predicted octanol–water partition coefficient (Wildman–Crippen LogP) is 0.757. The largest absolute Gasteiger partial charge is 0.396 e. The fraction of sp³-hybridized carbons (Fsp3) is 0.643. The van der Waals surface area contributed by atoms with Gasteiger partial charge in [-0.1, -0.05) is 0 Å². The van der Waals surface area contributed by atoms with E-state index in [0.29, 0.717) is 18.0 Å². The molecule has 1 aromatic heterocycles. The van der Waals surface area contributed by atoms with Crippen LogP contribution in [0.3, 0.4) is 0 Å². The van der Waals surface area contributed by atoms with E-state index >= 15 is 0 Å². The number of aromatic nitrogens is 1. The molecule has 0 saturated carbocycles. The van der Waals surface area contributed by atoms with Crippen LogP contribution in [0.2, 0.25) is 0 Å². The van der Waals surface area contributed by atoms with Gasteiger partial charge < -0.3 is 20.3 Å². The molecule has 1 aromatic rings. The Bertz CT molecular complexity index is 417. The van der Waals surface area contributed by atoms with Crippen LogP contribution in [0.15, 0.2) is 12.3 Å². The third-order valence-electron chi connectivity index (χ3n) is 3.77. The van der Waals surface area contributed by atoms with E-state index in [1.165, 1.54) is 0 Å². The number of aliphatic hydroxyl groups is 1. The second-order valence-corrected chi connectivity index (χ2v) is 5.26. The first-order valence-electron chi connectivity index (χ1n) is 6.96. The van der Waals surface area contributed by atoms with E-state index in [1.807, 2.05) is 6.92 Å². The van der Waals surface area contributed by atoms with Gasteiger partial charge in [0.25, 0.3) is 5.91 Å². The van der Waals surface area contributed by atoms with E-state index in [0.717, 1.165) is 38.2 Å². The second-order valence-electron chi connectivity index (χ2n) is 5.26. The van der Waals surface area contributed by atoms with Crippen LogP contribution in [-0.2, 0) is 0 Å². The van der Waals surface area contributed by atoms with Crippen LogP contribution in [0.1, 0.15) is 28.9 Å². The molecule has 0 spiro atoms. The van der Waals surface area contributed by atoms with Crippen LogP contribution in [0, 0.1) is 12.8 Å². The lowest BCUT2D eigenvalue weighted by atomic mass is 9.99. The fourth-order valence-corrected chi connectivity index (χ4v) is 2.62. The summed E-state index contributed by atoms with van der Waals surface area (Å²) in [5.74, 6) is 0.380. The molecule has 1 amide bonds. The number of amides is 1. The molecule has 1 aliphatic rings. The molecule has 2 rings (SSSR count). The van der Waals surface area contributed by atoms with Crippen molar-refractivity contribution >= 4 is 5.91 Å². The summed E-state index contributed by atoms with van der Waals surface area (Å²) >= 11 is 0. The Labute approximate surface area is 114 Å². The molecule has 1 saturated heterocycles. The van der Waals surface area contributed by atoms with Gasteiger partial charge in [0.15, 0.2) is 0 Å². The zero-order valence-corrected chi connectivity index (χ0v) is 11.5.